The van der Waals surface area contributed by atoms with Crippen LogP contribution in [0.25, 0.3) is 0 Å². The van der Waals surface area contributed by atoms with E-state index in [9.17, 15) is 19.2 Å². The number of esters is 2. The van der Waals surface area contributed by atoms with Gasteiger partial charge >= 0.3 is 24.0 Å². The van der Waals surface area contributed by atoms with Gasteiger partial charge in [-0.2, -0.15) is 0 Å². The van der Waals surface area contributed by atoms with Gasteiger partial charge in [0.2, 0.25) is 0 Å². The first-order valence-corrected chi connectivity index (χ1v) is 11.2. The number of carboxylic acids is 1. The molecule has 182 valence electrons. The smallest absolute Gasteiger partial charge is 0.408 e. The van der Waals surface area contributed by atoms with Crippen LogP contribution in [-0.2, 0) is 41.6 Å². The number of hydrogen-bond acceptors (Lipinski definition) is 7. The molecule has 2 N–H and O–H groups in total. The summed E-state index contributed by atoms with van der Waals surface area (Å²) in [4.78, 5) is 48.1. The molecule has 0 aliphatic heterocycles. The van der Waals surface area contributed by atoms with Crippen molar-refractivity contribution in [3.63, 3.8) is 0 Å². The molecule has 0 unspecified atom stereocenters. The lowest BCUT2D eigenvalue weighted by Gasteiger charge is -2.24. The fourth-order valence-electron chi connectivity index (χ4n) is 3.41. The van der Waals surface area contributed by atoms with E-state index in [-0.39, 0.29) is 25.6 Å². The summed E-state index contributed by atoms with van der Waals surface area (Å²) in [6.45, 7) is 4.96. The number of carbonyl (C=O) groups is 4. The number of carbonyl (C=O) groups excluding carboxylic acids is 3. The lowest BCUT2D eigenvalue weighted by atomic mass is 9.98. The largest absolute Gasteiger partial charge is 0.481 e. The molecule has 1 amide bonds. The van der Waals surface area contributed by atoms with Gasteiger partial charge in [-0.1, -0.05) is 30.7 Å². The van der Waals surface area contributed by atoms with Crippen LogP contribution in [0.3, 0.4) is 0 Å². The van der Waals surface area contributed by atoms with Gasteiger partial charge in [0.1, 0.15) is 24.4 Å². The maximum absolute atomic E-state index is 12.7. The van der Waals surface area contributed by atoms with Gasteiger partial charge in [-0.25, -0.2) is 9.59 Å². The van der Waals surface area contributed by atoms with E-state index >= 15 is 0 Å². The molecule has 33 heavy (non-hydrogen) atoms. The van der Waals surface area contributed by atoms with Crippen LogP contribution in [0.2, 0.25) is 0 Å². The first-order valence-electron chi connectivity index (χ1n) is 11.2. The number of hydrogen-bond donors (Lipinski definition) is 2. The molecule has 1 aromatic carbocycles. The molecule has 1 aliphatic rings. The van der Waals surface area contributed by atoms with Crippen molar-refractivity contribution in [3.05, 3.63) is 35.4 Å². The molecule has 1 fully saturated rings. The molecule has 0 bridgehead atoms. The third kappa shape index (κ3) is 10.4. The molecule has 1 atom stereocenters. The minimum atomic E-state index is -1.26. The number of nitrogens with one attached hydrogen (secondary N) is 1. The second-order valence-corrected chi connectivity index (χ2v) is 9.15. The van der Waals surface area contributed by atoms with E-state index in [1.807, 2.05) is 0 Å². The maximum Gasteiger partial charge on any atom is 0.408 e. The van der Waals surface area contributed by atoms with Crippen molar-refractivity contribution < 1.29 is 38.5 Å². The standard InChI is InChI=1S/C24H33NO8/c1-24(2,3)33-23(30)25-19(14-21(28)32-18-7-5-4-6-8-18)22(29)31-15-17-11-9-16(10-12-17)13-20(26)27/h9-12,18-19H,4-8,13-15H2,1-3H3,(H,25,30)(H,26,27)/t19-/m0/s1. The molecule has 9 nitrogen and oxygen atoms in total. The van der Waals surface area contributed by atoms with Crippen molar-refractivity contribution in [2.45, 2.75) is 90.1 Å². The predicted molar refractivity (Wildman–Crippen MR) is 118 cm³/mol. The lowest BCUT2D eigenvalue weighted by molar-refractivity contribution is -0.157. The van der Waals surface area contributed by atoms with E-state index < -0.39 is 35.6 Å². The molecule has 0 aromatic heterocycles. The van der Waals surface area contributed by atoms with Crippen LogP contribution in [0, 0.1) is 0 Å². The van der Waals surface area contributed by atoms with Crippen LogP contribution in [0.4, 0.5) is 4.79 Å². The van der Waals surface area contributed by atoms with Gasteiger partial charge in [-0.15, -0.1) is 0 Å². The number of amides is 1. The van der Waals surface area contributed by atoms with Gasteiger partial charge < -0.3 is 24.6 Å². The summed E-state index contributed by atoms with van der Waals surface area (Å²) in [5, 5.41) is 11.2. The Bertz CT molecular complexity index is 822. The van der Waals surface area contributed by atoms with Crippen molar-refractivity contribution in [3.8, 4) is 0 Å². The van der Waals surface area contributed by atoms with Crippen LogP contribution in [-0.4, -0.2) is 46.9 Å². The summed E-state index contributed by atoms with van der Waals surface area (Å²) in [5.74, 6) is -2.32. The van der Waals surface area contributed by atoms with Gasteiger partial charge in [0.25, 0.3) is 0 Å². The third-order valence-corrected chi connectivity index (χ3v) is 4.96. The Balaban J connectivity index is 1.97. The third-order valence-electron chi connectivity index (χ3n) is 4.96. The number of rotatable bonds is 9. The summed E-state index contributed by atoms with van der Waals surface area (Å²) in [5.41, 5.74) is 0.476. The van der Waals surface area contributed by atoms with Gasteiger partial charge in [-0.05, 0) is 57.6 Å². The molecule has 0 saturated heterocycles. The minimum Gasteiger partial charge on any atom is -0.481 e. The quantitative estimate of drug-likeness (QED) is 0.421. The van der Waals surface area contributed by atoms with Gasteiger partial charge in [0.05, 0.1) is 12.8 Å². The zero-order valence-electron chi connectivity index (χ0n) is 19.4. The van der Waals surface area contributed by atoms with Gasteiger partial charge in [0.15, 0.2) is 0 Å². The first-order chi connectivity index (χ1) is 15.5. The molecule has 1 aliphatic carbocycles. The van der Waals surface area contributed by atoms with E-state index in [0.29, 0.717) is 11.1 Å². The molecular weight excluding hydrogens is 430 g/mol. The summed E-state index contributed by atoms with van der Waals surface area (Å²) < 4.78 is 16.0. The molecular formula is C24H33NO8. The number of alkyl carbamates (subject to hydrolysis) is 1. The van der Waals surface area contributed by atoms with E-state index in [1.54, 1.807) is 45.0 Å². The highest BCUT2D eigenvalue weighted by Gasteiger charge is 2.30. The van der Waals surface area contributed by atoms with Crippen LogP contribution < -0.4 is 5.32 Å². The van der Waals surface area contributed by atoms with E-state index in [4.69, 9.17) is 19.3 Å². The Hall–Kier alpha value is -3.10. The summed E-state index contributed by atoms with van der Waals surface area (Å²) in [6, 6.07) is 5.31. The minimum absolute atomic E-state index is 0.101. The second-order valence-electron chi connectivity index (χ2n) is 9.15. The number of ether oxygens (including phenoxy) is 3. The number of benzene rings is 1. The lowest BCUT2D eigenvalue weighted by Crippen LogP contribution is -2.45. The van der Waals surface area contributed by atoms with Crippen LogP contribution in [0.5, 0.6) is 0 Å². The fraction of sp³-hybridized carbons (Fsp3) is 0.583. The Morgan fingerprint density at radius 2 is 1.64 bits per heavy atom. The average molecular weight is 464 g/mol. The zero-order chi connectivity index (χ0) is 24.4. The molecule has 9 heteroatoms. The van der Waals surface area contributed by atoms with Crippen molar-refractivity contribution in [2.75, 3.05) is 0 Å². The summed E-state index contributed by atoms with van der Waals surface area (Å²) >= 11 is 0. The van der Waals surface area contributed by atoms with Gasteiger partial charge in [0, 0.05) is 0 Å². The van der Waals surface area contributed by atoms with Crippen LogP contribution >= 0.6 is 0 Å². The van der Waals surface area contributed by atoms with Crippen molar-refractivity contribution in [1.29, 1.82) is 0 Å². The SMILES string of the molecule is CC(C)(C)OC(=O)N[C@@H](CC(=O)OC1CCCCC1)C(=O)OCc1ccc(CC(=O)O)cc1. The molecule has 0 spiro atoms. The molecule has 0 heterocycles. The van der Waals surface area contributed by atoms with E-state index in [2.05, 4.69) is 5.32 Å². The normalized spacial score (nSPS) is 15.2. The highest BCUT2D eigenvalue weighted by atomic mass is 16.6. The van der Waals surface area contributed by atoms with E-state index in [1.165, 1.54) is 0 Å². The predicted octanol–water partition coefficient (Wildman–Crippen LogP) is 3.52. The molecule has 1 aromatic rings. The highest BCUT2D eigenvalue weighted by molar-refractivity contribution is 5.86. The zero-order valence-corrected chi connectivity index (χ0v) is 19.4. The Labute approximate surface area is 193 Å². The van der Waals surface area contributed by atoms with Crippen molar-refractivity contribution in [1.82, 2.24) is 5.32 Å². The first kappa shape index (κ1) is 26.2. The van der Waals surface area contributed by atoms with Crippen LogP contribution in [0.15, 0.2) is 24.3 Å². The Kier molecular flexibility index (Phi) is 9.69. The summed E-state index contributed by atoms with van der Waals surface area (Å²) in [6.07, 6.45) is 3.19. The topological polar surface area (TPSA) is 128 Å². The van der Waals surface area contributed by atoms with Crippen LogP contribution in [0.1, 0.15) is 70.4 Å². The molecule has 0 radical (unpaired) electrons. The van der Waals surface area contributed by atoms with E-state index in [0.717, 1.165) is 32.1 Å². The average Bonchev–Trinajstić information content (AvgIpc) is 2.71. The second kappa shape index (κ2) is 12.2. The highest BCUT2D eigenvalue weighted by Crippen LogP contribution is 2.21. The van der Waals surface area contributed by atoms with Crippen molar-refractivity contribution in [2.24, 2.45) is 0 Å². The molecule has 1 saturated carbocycles. The van der Waals surface area contributed by atoms with Gasteiger partial charge in [-0.3, -0.25) is 9.59 Å². The number of aliphatic carboxylic acids is 1. The number of carboxylic acid groups (broad SMARTS) is 1. The molecule has 2 rings (SSSR count). The Morgan fingerprint density at radius 3 is 2.21 bits per heavy atom. The summed E-state index contributed by atoms with van der Waals surface area (Å²) in [7, 11) is 0. The Morgan fingerprint density at radius 1 is 1.03 bits per heavy atom. The fourth-order valence-corrected chi connectivity index (χ4v) is 3.41. The maximum atomic E-state index is 12.7. The monoisotopic (exact) mass is 463 g/mol. The van der Waals surface area contributed by atoms with Crippen molar-refractivity contribution >= 4 is 24.0 Å².